The predicted octanol–water partition coefficient (Wildman–Crippen LogP) is 1.13. The van der Waals surface area contributed by atoms with E-state index in [1.54, 1.807) is 0 Å². The Morgan fingerprint density at radius 1 is 1.33 bits per heavy atom. The molecule has 0 aromatic heterocycles. The molecule has 0 aromatic rings. The zero-order chi connectivity index (χ0) is 8.60. The van der Waals surface area contributed by atoms with Crippen LogP contribution in [0.1, 0.15) is 33.1 Å². The molecule has 2 heteroatoms. The van der Waals surface area contributed by atoms with E-state index in [9.17, 15) is 0 Å². The van der Waals surface area contributed by atoms with Crippen LogP contribution in [0.4, 0.5) is 0 Å². The first kappa shape index (κ1) is 8.52. The standard InChI is InChI=1S/C10H20N2/c1-10(2)7-11-6-9(12-10)5-8-3-4-8/h8-9,11-12H,3-7H2,1-2H3. The molecule has 1 aliphatic carbocycles. The third-order valence-electron chi connectivity index (χ3n) is 2.87. The Labute approximate surface area is 75.1 Å². The highest BCUT2D eigenvalue weighted by Crippen LogP contribution is 2.34. The summed E-state index contributed by atoms with van der Waals surface area (Å²) in [5, 5.41) is 7.20. The summed E-state index contributed by atoms with van der Waals surface area (Å²) < 4.78 is 0. The van der Waals surface area contributed by atoms with E-state index in [0.29, 0.717) is 5.54 Å². The molecule has 1 heterocycles. The molecule has 1 saturated heterocycles. The maximum atomic E-state index is 3.70. The van der Waals surface area contributed by atoms with E-state index >= 15 is 0 Å². The van der Waals surface area contributed by atoms with Crippen LogP contribution in [0.25, 0.3) is 0 Å². The lowest BCUT2D eigenvalue weighted by Gasteiger charge is -2.38. The Balaban J connectivity index is 1.81. The summed E-state index contributed by atoms with van der Waals surface area (Å²) in [5.74, 6) is 1.04. The molecule has 12 heavy (non-hydrogen) atoms. The van der Waals surface area contributed by atoms with Crippen molar-refractivity contribution >= 4 is 0 Å². The zero-order valence-electron chi connectivity index (χ0n) is 8.19. The summed E-state index contributed by atoms with van der Waals surface area (Å²) in [5.41, 5.74) is 0.303. The van der Waals surface area contributed by atoms with Gasteiger partial charge in [-0.1, -0.05) is 12.8 Å². The molecule has 70 valence electrons. The van der Waals surface area contributed by atoms with Crippen LogP contribution in [0.2, 0.25) is 0 Å². The van der Waals surface area contributed by atoms with Crippen molar-refractivity contribution in [3.8, 4) is 0 Å². The molecule has 2 aliphatic rings. The molecule has 0 bridgehead atoms. The predicted molar refractivity (Wildman–Crippen MR) is 51.2 cm³/mol. The minimum Gasteiger partial charge on any atom is -0.313 e. The first-order valence-electron chi connectivity index (χ1n) is 5.14. The third kappa shape index (κ3) is 2.20. The number of rotatable bonds is 2. The molecular weight excluding hydrogens is 148 g/mol. The van der Waals surface area contributed by atoms with Crippen molar-refractivity contribution in [3.05, 3.63) is 0 Å². The van der Waals surface area contributed by atoms with Crippen molar-refractivity contribution in [1.29, 1.82) is 0 Å². The van der Waals surface area contributed by atoms with E-state index in [1.807, 2.05) is 0 Å². The zero-order valence-corrected chi connectivity index (χ0v) is 8.19. The van der Waals surface area contributed by atoms with Gasteiger partial charge in [0.05, 0.1) is 0 Å². The van der Waals surface area contributed by atoms with Crippen LogP contribution in [0.15, 0.2) is 0 Å². The SMILES string of the molecule is CC1(C)CNCC(CC2CC2)N1. The van der Waals surface area contributed by atoms with Gasteiger partial charge < -0.3 is 10.6 Å². The monoisotopic (exact) mass is 168 g/mol. The Bertz CT molecular complexity index is 161. The third-order valence-corrected chi connectivity index (χ3v) is 2.87. The summed E-state index contributed by atoms with van der Waals surface area (Å²) in [6.45, 7) is 6.83. The largest absolute Gasteiger partial charge is 0.313 e. The number of hydrogen-bond acceptors (Lipinski definition) is 2. The second-order valence-electron chi connectivity index (χ2n) is 5.04. The van der Waals surface area contributed by atoms with Crippen LogP contribution < -0.4 is 10.6 Å². The summed E-state index contributed by atoms with van der Waals surface area (Å²) in [6.07, 6.45) is 4.33. The normalized spacial score (nSPS) is 35.0. The average molecular weight is 168 g/mol. The molecular formula is C10H20N2. The van der Waals surface area contributed by atoms with Gasteiger partial charge in [0.25, 0.3) is 0 Å². The lowest BCUT2D eigenvalue weighted by molar-refractivity contribution is 0.248. The van der Waals surface area contributed by atoms with Crippen LogP contribution in [-0.2, 0) is 0 Å². The van der Waals surface area contributed by atoms with E-state index in [0.717, 1.165) is 18.5 Å². The summed E-state index contributed by atoms with van der Waals surface area (Å²) in [4.78, 5) is 0. The highest BCUT2D eigenvalue weighted by molar-refractivity contribution is 4.92. The van der Waals surface area contributed by atoms with Crippen molar-refractivity contribution in [2.45, 2.75) is 44.7 Å². The second-order valence-corrected chi connectivity index (χ2v) is 5.04. The number of piperazine rings is 1. The van der Waals surface area contributed by atoms with E-state index in [2.05, 4.69) is 24.5 Å². The molecule has 0 spiro atoms. The van der Waals surface area contributed by atoms with Crippen molar-refractivity contribution in [2.24, 2.45) is 5.92 Å². The lowest BCUT2D eigenvalue weighted by Crippen LogP contribution is -2.60. The van der Waals surface area contributed by atoms with Crippen molar-refractivity contribution < 1.29 is 0 Å². The highest BCUT2D eigenvalue weighted by Gasteiger charge is 2.31. The van der Waals surface area contributed by atoms with Gasteiger partial charge in [-0.2, -0.15) is 0 Å². The lowest BCUT2D eigenvalue weighted by atomic mass is 9.98. The number of nitrogens with one attached hydrogen (secondary N) is 2. The van der Waals surface area contributed by atoms with Crippen LogP contribution in [0.3, 0.4) is 0 Å². The van der Waals surface area contributed by atoms with Gasteiger partial charge >= 0.3 is 0 Å². The fourth-order valence-electron chi connectivity index (χ4n) is 2.11. The fraction of sp³-hybridized carbons (Fsp3) is 1.00. The van der Waals surface area contributed by atoms with E-state index in [1.165, 1.54) is 25.8 Å². The van der Waals surface area contributed by atoms with E-state index in [4.69, 9.17) is 0 Å². The van der Waals surface area contributed by atoms with Gasteiger partial charge in [0.15, 0.2) is 0 Å². The Kier molecular flexibility index (Phi) is 2.13. The Morgan fingerprint density at radius 3 is 2.67 bits per heavy atom. The number of hydrogen-bond donors (Lipinski definition) is 2. The van der Waals surface area contributed by atoms with Gasteiger partial charge in [-0.3, -0.25) is 0 Å². The molecule has 2 fully saturated rings. The van der Waals surface area contributed by atoms with Crippen molar-refractivity contribution in [2.75, 3.05) is 13.1 Å². The van der Waals surface area contributed by atoms with E-state index < -0.39 is 0 Å². The molecule has 0 aromatic carbocycles. The summed E-state index contributed by atoms with van der Waals surface area (Å²) >= 11 is 0. The Morgan fingerprint density at radius 2 is 2.08 bits per heavy atom. The molecule has 2 rings (SSSR count). The summed E-state index contributed by atoms with van der Waals surface area (Å²) in [6, 6.07) is 0.723. The molecule has 1 atom stereocenters. The van der Waals surface area contributed by atoms with Gasteiger partial charge in [0.1, 0.15) is 0 Å². The van der Waals surface area contributed by atoms with Crippen molar-refractivity contribution in [3.63, 3.8) is 0 Å². The smallest absolute Gasteiger partial charge is 0.0252 e. The molecule has 0 radical (unpaired) electrons. The Hall–Kier alpha value is -0.0800. The van der Waals surface area contributed by atoms with E-state index in [-0.39, 0.29) is 0 Å². The van der Waals surface area contributed by atoms with Crippen LogP contribution in [0.5, 0.6) is 0 Å². The van der Waals surface area contributed by atoms with Crippen LogP contribution in [0, 0.1) is 5.92 Å². The maximum absolute atomic E-state index is 3.70. The molecule has 0 amide bonds. The first-order chi connectivity index (χ1) is 5.66. The molecule has 1 saturated carbocycles. The van der Waals surface area contributed by atoms with Gasteiger partial charge in [0, 0.05) is 24.7 Å². The molecule has 1 aliphatic heterocycles. The molecule has 2 nitrogen and oxygen atoms in total. The molecule has 1 unspecified atom stereocenters. The summed E-state index contributed by atoms with van der Waals surface area (Å²) in [7, 11) is 0. The van der Waals surface area contributed by atoms with Crippen LogP contribution >= 0.6 is 0 Å². The first-order valence-corrected chi connectivity index (χ1v) is 5.14. The fourth-order valence-corrected chi connectivity index (χ4v) is 2.11. The van der Waals surface area contributed by atoms with Crippen molar-refractivity contribution in [1.82, 2.24) is 10.6 Å². The van der Waals surface area contributed by atoms with Gasteiger partial charge in [-0.25, -0.2) is 0 Å². The highest BCUT2D eigenvalue weighted by atomic mass is 15.1. The molecule has 2 N–H and O–H groups in total. The topological polar surface area (TPSA) is 24.1 Å². The van der Waals surface area contributed by atoms with Gasteiger partial charge in [-0.05, 0) is 26.2 Å². The van der Waals surface area contributed by atoms with Gasteiger partial charge in [0.2, 0.25) is 0 Å². The quantitative estimate of drug-likeness (QED) is 0.646. The minimum atomic E-state index is 0.303. The van der Waals surface area contributed by atoms with Gasteiger partial charge in [-0.15, -0.1) is 0 Å². The second kappa shape index (κ2) is 3.00. The average Bonchev–Trinajstić information content (AvgIpc) is 2.69. The maximum Gasteiger partial charge on any atom is 0.0252 e. The minimum absolute atomic E-state index is 0.303. The van der Waals surface area contributed by atoms with Crippen LogP contribution in [-0.4, -0.2) is 24.7 Å².